The smallest absolute Gasteiger partial charge is 0.224 e. The Labute approximate surface area is 137 Å². The van der Waals surface area contributed by atoms with Gasteiger partial charge in [0.2, 0.25) is 5.91 Å². The SMILES string of the molecule is Cn1nccc1CCC(=O)Nc1cccc(CN2CCCC2)c1. The fraction of sp³-hybridized carbons (Fsp3) is 0.444. The van der Waals surface area contributed by atoms with E-state index in [1.54, 1.807) is 6.20 Å². The van der Waals surface area contributed by atoms with Gasteiger partial charge in [0.15, 0.2) is 0 Å². The standard InChI is InChI=1S/C18H24N4O/c1-21-17(9-10-19-21)7-8-18(23)20-16-6-4-5-15(13-16)14-22-11-2-3-12-22/h4-6,9-10,13H,2-3,7-8,11-12,14H2,1H3,(H,20,23). The molecule has 1 N–H and O–H groups in total. The number of hydrogen-bond donors (Lipinski definition) is 1. The molecule has 0 radical (unpaired) electrons. The van der Waals surface area contributed by atoms with Crippen LogP contribution < -0.4 is 5.32 Å². The van der Waals surface area contributed by atoms with Crippen LogP contribution in [0.1, 0.15) is 30.5 Å². The predicted octanol–water partition coefficient (Wildman–Crippen LogP) is 2.59. The third-order valence-electron chi connectivity index (χ3n) is 4.35. The van der Waals surface area contributed by atoms with E-state index in [1.807, 2.05) is 29.9 Å². The summed E-state index contributed by atoms with van der Waals surface area (Å²) in [4.78, 5) is 14.6. The molecule has 2 aromatic rings. The Morgan fingerprint density at radius 1 is 1.26 bits per heavy atom. The molecular formula is C18H24N4O. The molecule has 5 nitrogen and oxygen atoms in total. The van der Waals surface area contributed by atoms with Crippen LogP contribution in [0.3, 0.4) is 0 Å². The van der Waals surface area contributed by atoms with Gasteiger partial charge in [0.1, 0.15) is 0 Å². The van der Waals surface area contributed by atoms with Gasteiger partial charge in [-0.2, -0.15) is 5.10 Å². The molecule has 2 heterocycles. The molecule has 122 valence electrons. The second kappa shape index (κ2) is 7.42. The van der Waals surface area contributed by atoms with E-state index in [-0.39, 0.29) is 5.91 Å². The molecule has 0 spiro atoms. The van der Waals surface area contributed by atoms with Gasteiger partial charge in [0, 0.05) is 37.6 Å². The number of carbonyl (C=O) groups excluding carboxylic acids is 1. The van der Waals surface area contributed by atoms with Crippen LogP contribution in [0.5, 0.6) is 0 Å². The minimum Gasteiger partial charge on any atom is -0.326 e. The Morgan fingerprint density at radius 2 is 2.09 bits per heavy atom. The molecule has 1 saturated heterocycles. The van der Waals surface area contributed by atoms with E-state index < -0.39 is 0 Å². The average Bonchev–Trinajstić information content (AvgIpc) is 3.17. The lowest BCUT2D eigenvalue weighted by molar-refractivity contribution is -0.116. The van der Waals surface area contributed by atoms with E-state index in [9.17, 15) is 4.79 Å². The molecule has 1 aromatic carbocycles. The lowest BCUT2D eigenvalue weighted by Gasteiger charge is -2.15. The Balaban J connectivity index is 1.52. The zero-order valence-corrected chi connectivity index (χ0v) is 13.7. The Bertz CT molecular complexity index is 659. The number of hydrogen-bond acceptors (Lipinski definition) is 3. The van der Waals surface area contributed by atoms with Crippen molar-refractivity contribution < 1.29 is 4.79 Å². The van der Waals surface area contributed by atoms with Crippen molar-refractivity contribution in [3.05, 3.63) is 47.8 Å². The molecule has 5 heteroatoms. The highest BCUT2D eigenvalue weighted by atomic mass is 16.1. The van der Waals surface area contributed by atoms with Gasteiger partial charge in [-0.3, -0.25) is 14.4 Å². The zero-order chi connectivity index (χ0) is 16.1. The van der Waals surface area contributed by atoms with Crippen LogP contribution in [0.15, 0.2) is 36.5 Å². The third kappa shape index (κ3) is 4.42. The number of anilines is 1. The average molecular weight is 312 g/mol. The Hall–Kier alpha value is -2.14. The van der Waals surface area contributed by atoms with Gasteiger partial charge in [-0.05, 0) is 56.1 Å². The second-order valence-corrected chi connectivity index (χ2v) is 6.18. The molecule has 1 aliphatic heterocycles. The van der Waals surface area contributed by atoms with Crippen LogP contribution in [-0.2, 0) is 24.8 Å². The molecule has 1 amide bonds. The van der Waals surface area contributed by atoms with Crippen LogP contribution >= 0.6 is 0 Å². The van der Waals surface area contributed by atoms with Crippen molar-refractivity contribution in [1.29, 1.82) is 0 Å². The van der Waals surface area contributed by atoms with E-state index >= 15 is 0 Å². The van der Waals surface area contributed by atoms with Crippen LogP contribution in [-0.4, -0.2) is 33.7 Å². The first-order valence-corrected chi connectivity index (χ1v) is 8.29. The van der Waals surface area contributed by atoms with Crippen molar-refractivity contribution in [1.82, 2.24) is 14.7 Å². The summed E-state index contributed by atoms with van der Waals surface area (Å²) in [5.41, 5.74) is 3.22. The number of rotatable bonds is 6. The van der Waals surface area contributed by atoms with Crippen molar-refractivity contribution in [3.63, 3.8) is 0 Å². The fourth-order valence-electron chi connectivity index (χ4n) is 3.06. The van der Waals surface area contributed by atoms with Crippen LogP contribution in [0.4, 0.5) is 5.69 Å². The third-order valence-corrected chi connectivity index (χ3v) is 4.35. The lowest BCUT2D eigenvalue weighted by atomic mass is 10.1. The number of aromatic nitrogens is 2. The van der Waals surface area contributed by atoms with Gasteiger partial charge in [-0.15, -0.1) is 0 Å². The molecule has 0 atom stereocenters. The molecule has 1 aliphatic rings. The van der Waals surface area contributed by atoms with E-state index in [0.29, 0.717) is 12.8 Å². The van der Waals surface area contributed by atoms with Gasteiger partial charge in [-0.1, -0.05) is 12.1 Å². The highest BCUT2D eigenvalue weighted by molar-refractivity contribution is 5.90. The van der Waals surface area contributed by atoms with E-state index in [2.05, 4.69) is 27.4 Å². The van der Waals surface area contributed by atoms with E-state index in [0.717, 1.165) is 17.9 Å². The second-order valence-electron chi connectivity index (χ2n) is 6.18. The molecule has 3 rings (SSSR count). The molecular weight excluding hydrogens is 288 g/mol. The maximum Gasteiger partial charge on any atom is 0.224 e. The summed E-state index contributed by atoms with van der Waals surface area (Å²) in [6, 6.07) is 10.1. The van der Waals surface area contributed by atoms with Gasteiger partial charge < -0.3 is 5.32 Å². The van der Waals surface area contributed by atoms with Crippen molar-refractivity contribution in [2.24, 2.45) is 7.05 Å². The van der Waals surface area contributed by atoms with Crippen molar-refractivity contribution in [2.75, 3.05) is 18.4 Å². The number of aryl methyl sites for hydroxylation is 2. The zero-order valence-electron chi connectivity index (χ0n) is 13.7. The fourth-order valence-corrected chi connectivity index (χ4v) is 3.06. The van der Waals surface area contributed by atoms with Gasteiger partial charge in [0.05, 0.1) is 0 Å². The molecule has 1 fully saturated rings. The molecule has 0 unspecified atom stereocenters. The summed E-state index contributed by atoms with van der Waals surface area (Å²) in [7, 11) is 1.90. The van der Waals surface area contributed by atoms with Crippen LogP contribution in [0, 0.1) is 0 Å². The quantitative estimate of drug-likeness (QED) is 0.892. The topological polar surface area (TPSA) is 50.2 Å². The number of nitrogens with zero attached hydrogens (tertiary/aromatic N) is 3. The maximum atomic E-state index is 12.1. The highest BCUT2D eigenvalue weighted by Gasteiger charge is 2.12. The molecule has 1 aromatic heterocycles. The number of carbonyl (C=O) groups is 1. The Morgan fingerprint density at radius 3 is 2.83 bits per heavy atom. The van der Waals surface area contributed by atoms with Gasteiger partial charge in [-0.25, -0.2) is 0 Å². The van der Waals surface area contributed by atoms with E-state index in [4.69, 9.17) is 0 Å². The van der Waals surface area contributed by atoms with Crippen LogP contribution in [0.2, 0.25) is 0 Å². The highest BCUT2D eigenvalue weighted by Crippen LogP contribution is 2.16. The van der Waals surface area contributed by atoms with Crippen LogP contribution in [0.25, 0.3) is 0 Å². The summed E-state index contributed by atoms with van der Waals surface area (Å²) in [6.07, 6.45) is 5.52. The van der Waals surface area contributed by atoms with Crippen molar-refractivity contribution in [3.8, 4) is 0 Å². The van der Waals surface area contributed by atoms with Gasteiger partial charge in [0.25, 0.3) is 0 Å². The summed E-state index contributed by atoms with van der Waals surface area (Å²) in [5, 5.41) is 7.12. The number of benzene rings is 1. The summed E-state index contributed by atoms with van der Waals surface area (Å²) >= 11 is 0. The van der Waals surface area contributed by atoms with Crippen molar-refractivity contribution in [2.45, 2.75) is 32.2 Å². The first-order chi connectivity index (χ1) is 11.2. The van der Waals surface area contributed by atoms with Crippen molar-refractivity contribution >= 4 is 11.6 Å². The van der Waals surface area contributed by atoms with Gasteiger partial charge >= 0.3 is 0 Å². The summed E-state index contributed by atoms with van der Waals surface area (Å²) < 4.78 is 1.81. The number of amides is 1. The normalized spacial score (nSPS) is 15.0. The first kappa shape index (κ1) is 15.7. The minimum absolute atomic E-state index is 0.0459. The number of nitrogens with one attached hydrogen (secondary N) is 1. The molecule has 0 aliphatic carbocycles. The predicted molar refractivity (Wildman–Crippen MR) is 91.1 cm³/mol. The molecule has 0 bridgehead atoms. The first-order valence-electron chi connectivity index (χ1n) is 8.29. The molecule has 23 heavy (non-hydrogen) atoms. The van der Waals surface area contributed by atoms with E-state index in [1.165, 1.54) is 31.5 Å². The summed E-state index contributed by atoms with van der Waals surface area (Å²) in [6.45, 7) is 3.33. The minimum atomic E-state index is 0.0459. The summed E-state index contributed by atoms with van der Waals surface area (Å²) in [5.74, 6) is 0.0459. The largest absolute Gasteiger partial charge is 0.326 e. The number of likely N-dealkylation sites (tertiary alicyclic amines) is 1. The lowest BCUT2D eigenvalue weighted by Crippen LogP contribution is -2.18. The Kier molecular flexibility index (Phi) is 5.08. The molecule has 0 saturated carbocycles. The maximum absolute atomic E-state index is 12.1. The monoisotopic (exact) mass is 312 g/mol.